The van der Waals surface area contributed by atoms with Gasteiger partial charge in [-0.1, -0.05) is 272 Å². The van der Waals surface area contributed by atoms with Crippen LogP contribution in [0.25, 0.3) is 11.1 Å². The summed E-state index contributed by atoms with van der Waals surface area (Å²) in [5, 5.41) is 0. The monoisotopic (exact) mass is 1200 g/mol. The molecule has 0 unspecified atom stereocenters. The van der Waals surface area contributed by atoms with Crippen molar-refractivity contribution in [3.05, 3.63) is 273 Å². The molecule has 2 aliphatic heterocycles. The molecule has 2 heterocycles. The first-order valence-electron chi connectivity index (χ1n) is 33.9. The van der Waals surface area contributed by atoms with Crippen LogP contribution in [0.4, 0.5) is 51.2 Å². The Hall–Kier alpha value is -8.34. The van der Waals surface area contributed by atoms with E-state index in [1.54, 1.807) is 0 Å². The lowest BCUT2D eigenvalue weighted by molar-refractivity contribution is 0.520. The smallest absolute Gasteiger partial charge is 0.252 e. The summed E-state index contributed by atoms with van der Waals surface area (Å²) in [6.45, 7) is 47.6. The van der Waals surface area contributed by atoms with Gasteiger partial charge in [0.1, 0.15) is 0 Å². The number of rotatable bonds is 6. The van der Waals surface area contributed by atoms with Gasteiger partial charge in [0.05, 0.1) is 11.4 Å². The summed E-state index contributed by atoms with van der Waals surface area (Å²) in [7, 11) is 0. The Bertz CT molecular complexity index is 4550. The number of benzene rings is 10. The molecular weight excluding hydrogens is 1110 g/mol. The second kappa shape index (κ2) is 20.6. The molecule has 4 aliphatic rings. The Morgan fingerprint density at radius 2 is 0.685 bits per heavy atom. The van der Waals surface area contributed by atoms with Gasteiger partial charge in [-0.3, -0.25) is 0 Å². The van der Waals surface area contributed by atoms with Crippen molar-refractivity contribution >= 4 is 74.3 Å². The van der Waals surface area contributed by atoms with E-state index in [2.05, 4.69) is 359 Å². The van der Waals surface area contributed by atoms with E-state index in [-0.39, 0.29) is 50.0 Å². The third-order valence-corrected chi connectivity index (χ3v) is 22.0. The molecule has 0 aromatic heterocycles. The molecule has 10 aromatic rings. The first-order chi connectivity index (χ1) is 43.2. The van der Waals surface area contributed by atoms with Crippen LogP contribution in [0.1, 0.15) is 205 Å². The molecule has 14 rings (SSSR count). The van der Waals surface area contributed by atoms with Crippen molar-refractivity contribution in [1.82, 2.24) is 0 Å². The molecule has 3 nitrogen and oxygen atoms in total. The first-order valence-corrected chi connectivity index (χ1v) is 33.9. The molecule has 0 amide bonds. The van der Waals surface area contributed by atoms with Gasteiger partial charge in [-0.15, -0.1) is 0 Å². The molecule has 4 heteroatoms. The molecule has 10 aromatic carbocycles. The minimum atomic E-state index is -0.302. The van der Waals surface area contributed by atoms with Gasteiger partial charge in [-0.2, -0.15) is 0 Å². The van der Waals surface area contributed by atoms with E-state index >= 15 is 0 Å². The van der Waals surface area contributed by atoms with Gasteiger partial charge in [0, 0.05) is 67.0 Å². The topological polar surface area (TPSA) is 9.72 Å². The van der Waals surface area contributed by atoms with E-state index in [1.807, 2.05) is 0 Å². The largest absolute Gasteiger partial charge is 0.311 e. The van der Waals surface area contributed by atoms with Crippen molar-refractivity contribution in [3.63, 3.8) is 0 Å². The molecule has 92 heavy (non-hydrogen) atoms. The summed E-state index contributed by atoms with van der Waals surface area (Å²) >= 11 is 0. The average Bonchev–Trinajstić information content (AvgIpc) is 0.685. The molecule has 0 saturated heterocycles. The minimum Gasteiger partial charge on any atom is -0.311 e. The zero-order valence-electron chi connectivity index (χ0n) is 58.5. The SMILES string of the molecule is CC(C)(C)c1ccc(N(c2ccc(C(C)(C)C)cc2)c2cc3c4c(c2)N(c2ccc(C(C)(C)C)cc2-c2ccccc2)c2ccc(C(C)(C)C)cc2B4c2cc4c(cc2N3c2ccc3c(c2)C(C)(C)c2ccccc2C3(C)C)C(C)(C)c2ccccc2C4(C)C)cc1. The van der Waals surface area contributed by atoms with E-state index in [0.29, 0.717) is 0 Å². The highest BCUT2D eigenvalue weighted by atomic mass is 15.2. The fourth-order valence-corrected chi connectivity index (χ4v) is 16.4. The number of nitrogens with zero attached hydrogens (tertiary/aromatic N) is 3. The molecule has 0 bridgehead atoms. The van der Waals surface area contributed by atoms with Gasteiger partial charge in [0.15, 0.2) is 0 Å². The minimum absolute atomic E-state index is 0.0257. The predicted octanol–water partition coefficient (Wildman–Crippen LogP) is 22.0. The van der Waals surface area contributed by atoms with Crippen molar-refractivity contribution < 1.29 is 0 Å². The lowest BCUT2D eigenvalue weighted by Gasteiger charge is -2.49. The van der Waals surface area contributed by atoms with Gasteiger partial charge in [-0.25, -0.2) is 0 Å². The van der Waals surface area contributed by atoms with Crippen LogP contribution in [0, 0.1) is 0 Å². The molecule has 0 radical (unpaired) electrons. The summed E-state index contributed by atoms with van der Waals surface area (Å²) in [4.78, 5) is 7.95. The van der Waals surface area contributed by atoms with E-state index in [1.165, 1.54) is 117 Å². The van der Waals surface area contributed by atoms with Gasteiger partial charge in [0.2, 0.25) is 0 Å². The Kier molecular flexibility index (Phi) is 13.7. The van der Waals surface area contributed by atoms with Crippen LogP contribution in [0.2, 0.25) is 0 Å². The van der Waals surface area contributed by atoms with Crippen LogP contribution in [0.3, 0.4) is 0 Å². The number of hydrogen-bond donors (Lipinski definition) is 0. The maximum Gasteiger partial charge on any atom is 0.252 e. The Morgan fingerprint density at radius 3 is 1.17 bits per heavy atom. The van der Waals surface area contributed by atoms with Crippen LogP contribution in [-0.2, 0) is 43.3 Å². The molecule has 0 fully saturated rings. The van der Waals surface area contributed by atoms with Crippen molar-refractivity contribution in [2.24, 2.45) is 0 Å². The Labute approximate surface area is 551 Å². The van der Waals surface area contributed by atoms with Crippen LogP contribution in [0.15, 0.2) is 206 Å². The van der Waals surface area contributed by atoms with Crippen LogP contribution < -0.4 is 31.1 Å². The normalized spacial score (nSPS) is 16.3. The highest BCUT2D eigenvalue weighted by molar-refractivity contribution is 7.00. The van der Waals surface area contributed by atoms with E-state index in [9.17, 15) is 0 Å². The van der Waals surface area contributed by atoms with Crippen LogP contribution in [-0.4, -0.2) is 6.71 Å². The van der Waals surface area contributed by atoms with Gasteiger partial charge in [-0.05, 0) is 183 Å². The fourth-order valence-electron chi connectivity index (χ4n) is 16.4. The first kappa shape index (κ1) is 61.2. The summed E-state index contributed by atoms with van der Waals surface area (Å²) in [5.74, 6) is 0. The van der Waals surface area contributed by atoms with Gasteiger partial charge in [0.25, 0.3) is 6.71 Å². The molecule has 464 valence electrons. The lowest BCUT2D eigenvalue weighted by atomic mass is 9.33. The van der Waals surface area contributed by atoms with E-state index < -0.39 is 0 Å². The third kappa shape index (κ3) is 9.49. The second-order valence-electron chi connectivity index (χ2n) is 33.6. The highest BCUT2D eigenvalue weighted by Gasteiger charge is 2.50. The quantitative estimate of drug-likeness (QED) is 0.154. The summed E-state index contributed by atoms with van der Waals surface area (Å²) in [6.07, 6.45) is 0. The lowest BCUT2D eigenvalue weighted by Crippen LogP contribution is -2.62. The maximum atomic E-state index is 2.73. The number of fused-ring (bicyclic) bond motifs is 8. The average molecular weight is 1200 g/mol. The third-order valence-electron chi connectivity index (χ3n) is 22.0. The van der Waals surface area contributed by atoms with E-state index in [0.717, 1.165) is 28.4 Å². The number of anilines is 9. The summed E-state index contributed by atoms with van der Waals surface area (Å²) < 4.78 is 0. The molecular formula is C88H94BN3. The maximum absolute atomic E-state index is 2.73. The van der Waals surface area contributed by atoms with E-state index in [4.69, 9.17) is 0 Å². The molecule has 0 atom stereocenters. The molecule has 0 saturated carbocycles. The summed E-state index contributed by atoms with van der Waals surface area (Å²) in [5.41, 5.74) is 31.8. The molecule has 0 N–H and O–H groups in total. The molecule has 0 spiro atoms. The van der Waals surface area contributed by atoms with Gasteiger partial charge >= 0.3 is 0 Å². The van der Waals surface area contributed by atoms with Crippen molar-refractivity contribution in [2.45, 2.75) is 182 Å². The highest BCUT2D eigenvalue weighted by Crippen LogP contribution is 2.57. The van der Waals surface area contributed by atoms with Crippen LogP contribution in [0.5, 0.6) is 0 Å². The zero-order chi connectivity index (χ0) is 65.4. The zero-order valence-corrected chi connectivity index (χ0v) is 58.5. The standard InChI is InChI=1S/C88H94BN3/c1-81(2,3)56-34-40-60(41-35-56)90(61-42-36-57(37-43-61)82(4,5)6)63-51-78-80-79(52-63)92(75-46-38-58(83(7,8)9)48-64(75)55-28-22-21-23-29-55)76-47-39-59(84(10,11)12)49-73(76)89(80)74-53-71-72(88(19,20)68-33-27-26-32-67(68)87(71,17)18)54-77(74)91(78)62-44-45-69-70(50-62)86(15,16)66-31-25-24-30-65(66)85(69,13)14/h21-54H,1-20H3. The number of hydrogen-bond acceptors (Lipinski definition) is 3. The van der Waals surface area contributed by atoms with Gasteiger partial charge < -0.3 is 14.7 Å². The van der Waals surface area contributed by atoms with Crippen molar-refractivity contribution in [1.29, 1.82) is 0 Å². The van der Waals surface area contributed by atoms with Crippen molar-refractivity contribution in [2.75, 3.05) is 14.7 Å². The summed E-state index contributed by atoms with van der Waals surface area (Å²) in [6, 6.07) is 81.4. The Balaban J connectivity index is 1.16. The Morgan fingerprint density at radius 1 is 0.293 bits per heavy atom. The second-order valence-corrected chi connectivity index (χ2v) is 33.6. The molecule has 2 aliphatic carbocycles. The van der Waals surface area contributed by atoms with Crippen molar-refractivity contribution in [3.8, 4) is 11.1 Å². The predicted molar refractivity (Wildman–Crippen MR) is 397 cm³/mol. The van der Waals surface area contributed by atoms with Crippen LogP contribution >= 0.6 is 0 Å². The fraction of sp³-hybridized carbons (Fsp3) is 0.318.